The van der Waals surface area contributed by atoms with E-state index in [0.29, 0.717) is 21.9 Å². The number of rotatable bonds is 8. The van der Waals surface area contributed by atoms with Gasteiger partial charge in [0.2, 0.25) is 0 Å². The highest BCUT2D eigenvalue weighted by Crippen LogP contribution is 2.33. The van der Waals surface area contributed by atoms with Gasteiger partial charge < -0.3 is 31.5 Å². The summed E-state index contributed by atoms with van der Waals surface area (Å²) in [7, 11) is -9.03. The molecule has 0 bridgehead atoms. The number of fused-ring (bicyclic) bond motifs is 2. The molecule has 0 atom stereocenters. The minimum atomic E-state index is -4.52. The van der Waals surface area contributed by atoms with E-state index >= 15 is 0 Å². The van der Waals surface area contributed by atoms with Crippen LogP contribution in [-0.2, 0) is 29.8 Å². The topological polar surface area (TPSA) is 266 Å². The van der Waals surface area contributed by atoms with Crippen LogP contribution < -0.4 is 21.3 Å². The van der Waals surface area contributed by atoms with Crippen LogP contribution in [0.4, 0.5) is 22.7 Å². The summed E-state index contributed by atoms with van der Waals surface area (Å²) < 4.78 is 64.6. The van der Waals surface area contributed by atoms with Gasteiger partial charge in [0, 0.05) is 56.8 Å². The normalized spacial score (nSPS) is 11.6. The molecule has 4 amide bonds. The summed E-state index contributed by atoms with van der Waals surface area (Å²) in [6, 6.07) is 21.2. The third-order valence-electron chi connectivity index (χ3n) is 8.61. The van der Waals surface area contributed by atoms with Crippen molar-refractivity contribution in [1.29, 1.82) is 0 Å². The monoisotopic (exact) mass is 798 g/mol. The number of aromatic hydroxyl groups is 2. The van der Waals surface area contributed by atoms with Gasteiger partial charge in [-0.05, 0) is 96.4 Å². The summed E-state index contributed by atoms with van der Waals surface area (Å²) in [6.45, 7) is 3.27. The quantitative estimate of drug-likeness (QED) is 0.0691. The van der Waals surface area contributed by atoms with Crippen LogP contribution in [0.1, 0.15) is 31.8 Å². The summed E-state index contributed by atoms with van der Waals surface area (Å²) in [4.78, 5) is 51.5. The summed E-state index contributed by atoms with van der Waals surface area (Å²) in [6.07, 6.45) is 0. The molecule has 0 heterocycles. The Bertz CT molecular complexity index is 2700. The Labute approximate surface area is 318 Å². The molecule has 6 aromatic carbocycles. The van der Waals surface area contributed by atoms with E-state index in [1.165, 1.54) is 72.8 Å². The van der Waals surface area contributed by atoms with Crippen LogP contribution >= 0.6 is 0 Å². The Balaban J connectivity index is 1.12. The molecule has 0 aliphatic rings. The van der Waals surface area contributed by atoms with E-state index in [1.54, 1.807) is 13.8 Å². The van der Waals surface area contributed by atoms with Gasteiger partial charge in [-0.25, -0.2) is 0 Å². The predicted octanol–water partition coefficient (Wildman–Crippen LogP) is 5.60. The molecule has 0 radical (unpaired) electrons. The van der Waals surface area contributed by atoms with Crippen LogP contribution in [0, 0.1) is 13.8 Å². The number of carbonyl (C=O) groups is 4. The van der Waals surface area contributed by atoms with Crippen molar-refractivity contribution >= 4 is 88.2 Å². The van der Waals surface area contributed by atoms with Crippen LogP contribution in [0.5, 0.6) is 11.5 Å². The molecule has 6 aromatic rings. The van der Waals surface area contributed by atoms with Crippen molar-refractivity contribution in [2.75, 3.05) is 21.3 Å². The van der Waals surface area contributed by atoms with E-state index in [0.717, 1.165) is 24.3 Å². The van der Waals surface area contributed by atoms with Crippen LogP contribution in [0.3, 0.4) is 0 Å². The fourth-order valence-electron chi connectivity index (χ4n) is 5.76. The van der Waals surface area contributed by atoms with Gasteiger partial charge in [-0.15, -0.1) is 0 Å². The van der Waals surface area contributed by atoms with E-state index < -0.39 is 53.7 Å². The predicted molar refractivity (Wildman–Crippen MR) is 206 cm³/mol. The number of phenolic OH excluding ortho intramolecular Hbond substituents is 2. The van der Waals surface area contributed by atoms with Crippen LogP contribution in [0.15, 0.2) is 107 Å². The Hall–Kier alpha value is -6.86. The zero-order chi connectivity index (χ0) is 40.7. The molecular formula is C38H30N4O12S2. The van der Waals surface area contributed by atoms with E-state index in [1.807, 2.05) is 0 Å². The lowest BCUT2D eigenvalue weighted by Gasteiger charge is -2.13. The van der Waals surface area contributed by atoms with Crippen LogP contribution in [0.25, 0.3) is 21.5 Å². The third-order valence-corrected chi connectivity index (χ3v) is 10.3. The third kappa shape index (κ3) is 8.43. The lowest BCUT2D eigenvalue weighted by atomic mass is 10.1. The van der Waals surface area contributed by atoms with Gasteiger partial charge >= 0.3 is 11.8 Å². The maximum absolute atomic E-state index is 13.3. The van der Waals surface area contributed by atoms with Crippen molar-refractivity contribution in [1.82, 2.24) is 0 Å². The van der Waals surface area contributed by atoms with E-state index in [-0.39, 0.29) is 56.1 Å². The Morgan fingerprint density at radius 2 is 0.839 bits per heavy atom. The van der Waals surface area contributed by atoms with Crippen molar-refractivity contribution in [2.24, 2.45) is 0 Å². The molecule has 0 saturated carbocycles. The second-order valence-corrected chi connectivity index (χ2v) is 15.4. The first-order valence-electron chi connectivity index (χ1n) is 16.2. The zero-order valence-corrected chi connectivity index (χ0v) is 30.7. The number of carbonyl (C=O) groups excluding carboxylic acids is 4. The highest BCUT2D eigenvalue weighted by atomic mass is 32.2. The minimum Gasteiger partial charge on any atom is -0.507 e. The molecular weight excluding hydrogens is 769 g/mol. The van der Waals surface area contributed by atoms with Crippen molar-refractivity contribution in [2.45, 2.75) is 23.6 Å². The zero-order valence-electron chi connectivity index (χ0n) is 29.1. The Kier molecular flexibility index (Phi) is 10.2. The second kappa shape index (κ2) is 14.8. The van der Waals surface area contributed by atoms with E-state index in [4.69, 9.17) is 0 Å². The summed E-state index contributed by atoms with van der Waals surface area (Å²) in [5, 5.41) is 32.1. The molecule has 16 nitrogen and oxygen atoms in total. The lowest BCUT2D eigenvalue weighted by molar-refractivity contribution is -0.132. The first-order valence-corrected chi connectivity index (χ1v) is 19.1. The van der Waals surface area contributed by atoms with Gasteiger partial charge in [0.1, 0.15) is 11.5 Å². The Morgan fingerprint density at radius 3 is 1.20 bits per heavy atom. The molecule has 18 heteroatoms. The van der Waals surface area contributed by atoms with Crippen LogP contribution in [0.2, 0.25) is 0 Å². The number of hydrogen-bond donors (Lipinski definition) is 8. The van der Waals surface area contributed by atoms with Crippen molar-refractivity contribution in [3.05, 3.63) is 119 Å². The van der Waals surface area contributed by atoms with Gasteiger partial charge in [0.15, 0.2) is 0 Å². The molecule has 0 spiro atoms. The number of nitrogens with one attached hydrogen (secondary N) is 4. The number of aryl methyl sites for hydroxylation is 2. The fourth-order valence-corrected chi connectivity index (χ4v) is 6.77. The van der Waals surface area contributed by atoms with Gasteiger partial charge in [-0.3, -0.25) is 28.3 Å². The fraction of sp³-hybridized carbons (Fsp3) is 0.0526. The van der Waals surface area contributed by atoms with Gasteiger partial charge in [-0.2, -0.15) is 16.8 Å². The SMILES string of the molecule is Cc1ccc(NC(=O)C(=O)Nc2ccc(C)c(C(=O)Nc3cc(O)c4cc(S(=O)(=O)O)ccc4c3)c2)cc1C(=O)Nc1cc(O)c2cc(S(=O)(=O)O)ccc2c1. The molecule has 0 unspecified atom stereocenters. The second-order valence-electron chi connectivity index (χ2n) is 12.6. The molecule has 0 saturated heterocycles. The van der Waals surface area contributed by atoms with Gasteiger partial charge in [-0.1, -0.05) is 24.3 Å². The summed E-state index contributed by atoms with van der Waals surface area (Å²) >= 11 is 0. The number of phenols is 2. The first-order chi connectivity index (χ1) is 26.3. The first kappa shape index (κ1) is 38.9. The van der Waals surface area contributed by atoms with Crippen molar-refractivity contribution < 1.29 is 55.3 Å². The number of amides is 4. The van der Waals surface area contributed by atoms with Crippen molar-refractivity contribution in [3.8, 4) is 11.5 Å². The number of benzene rings is 6. The summed E-state index contributed by atoms with van der Waals surface area (Å²) in [5.41, 5.74) is 1.74. The molecule has 0 fully saturated rings. The average Bonchev–Trinajstić information content (AvgIpc) is 3.12. The minimum absolute atomic E-state index is 0.0943. The lowest BCUT2D eigenvalue weighted by Crippen LogP contribution is -2.29. The van der Waals surface area contributed by atoms with E-state index in [9.17, 15) is 55.3 Å². The van der Waals surface area contributed by atoms with Gasteiger partial charge in [0.25, 0.3) is 32.1 Å². The standard InChI is InChI=1S/C38H30N4O12S2/c1-19-3-7-23(13-29(19)35(45)41-25-11-21-5-9-27(55(49,50)51)17-31(21)33(43)15-25)39-37(47)38(48)40-24-8-4-20(2)30(14-24)36(46)42-26-12-22-6-10-28(56(52,53)54)18-32(22)34(44)16-26/h3-18,43-44H,1-2H3,(H,39,47)(H,40,48)(H,41,45)(H,42,46)(H,49,50,51)(H,52,53,54). The smallest absolute Gasteiger partial charge is 0.314 e. The molecule has 56 heavy (non-hydrogen) atoms. The number of anilines is 4. The molecule has 6 rings (SSSR count). The Morgan fingerprint density at radius 1 is 0.464 bits per heavy atom. The highest BCUT2D eigenvalue weighted by molar-refractivity contribution is 7.86. The molecule has 8 N–H and O–H groups in total. The highest BCUT2D eigenvalue weighted by Gasteiger charge is 2.20. The van der Waals surface area contributed by atoms with Crippen molar-refractivity contribution in [3.63, 3.8) is 0 Å². The maximum atomic E-state index is 13.3. The average molecular weight is 799 g/mol. The summed E-state index contributed by atoms with van der Waals surface area (Å²) in [5.74, 6) is -4.18. The van der Waals surface area contributed by atoms with Crippen LogP contribution in [-0.4, -0.2) is 59.8 Å². The maximum Gasteiger partial charge on any atom is 0.314 e. The molecule has 0 aromatic heterocycles. The largest absolute Gasteiger partial charge is 0.507 e. The molecule has 0 aliphatic carbocycles. The van der Waals surface area contributed by atoms with Gasteiger partial charge in [0.05, 0.1) is 9.79 Å². The van der Waals surface area contributed by atoms with E-state index in [2.05, 4.69) is 21.3 Å². The molecule has 286 valence electrons. The molecule has 0 aliphatic heterocycles. The number of hydrogen-bond acceptors (Lipinski definition) is 10.